The summed E-state index contributed by atoms with van der Waals surface area (Å²) < 4.78 is 0. The first-order chi connectivity index (χ1) is 8.65. The van der Waals surface area contributed by atoms with Crippen LogP contribution in [0.4, 0.5) is 5.69 Å². The lowest BCUT2D eigenvalue weighted by molar-refractivity contribution is 0.260. The molecule has 2 aliphatic heterocycles. The van der Waals surface area contributed by atoms with E-state index in [0.717, 1.165) is 16.3 Å². The Morgan fingerprint density at radius 1 is 1.28 bits per heavy atom. The molecule has 2 fully saturated rings. The Labute approximate surface area is 117 Å². The van der Waals surface area contributed by atoms with Gasteiger partial charge in [0.1, 0.15) is 5.84 Å². The van der Waals surface area contributed by atoms with Crippen LogP contribution in [0.15, 0.2) is 17.1 Å². The zero-order chi connectivity index (χ0) is 12.4. The Morgan fingerprint density at radius 3 is 2.94 bits per heavy atom. The predicted octanol–water partition coefficient (Wildman–Crippen LogP) is 4.58. The fourth-order valence-electron chi connectivity index (χ4n) is 3.85. The van der Waals surface area contributed by atoms with Crippen LogP contribution >= 0.6 is 23.2 Å². The monoisotopic (exact) mass is 280 g/mol. The van der Waals surface area contributed by atoms with E-state index in [1.807, 2.05) is 12.1 Å². The van der Waals surface area contributed by atoms with Crippen LogP contribution in [0, 0.1) is 5.92 Å². The molecule has 94 valence electrons. The number of nitrogens with zero attached hydrogens (tertiary/aromatic N) is 2. The van der Waals surface area contributed by atoms with Gasteiger partial charge in [0.2, 0.25) is 0 Å². The van der Waals surface area contributed by atoms with Crippen molar-refractivity contribution in [3.8, 4) is 0 Å². The maximum Gasteiger partial charge on any atom is 0.109 e. The van der Waals surface area contributed by atoms with Crippen molar-refractivity contribution in [2.75, 3.05) is 0 Å². The highest BCUT2D eigenvalue weighted by Crippen LogP contribution is 2.50. The molecule has 3 atom stereocenters. The molecule has 0 aromatic heterocycles. The van der Waals surface area contributed by atoms with Gasteiger partial charge in [0, 0.05) is 27.6 Å². The molecule has 3 aliphatic rings. The third-order valence-corrected chi connectivity index (χ3v) is 5.10. The minimum absolute atomic E-state index is 0.326. The number of piperidine rings is 1. The number of rotatable bonds is 0. The van der Waals surface area contributed by atoms with Crippen LogP contribution < -0.4 is 0 Å². The summed E-state index contributed by atoms with van der Waals surface area (Å²) in [6.45, 7) is 2.23. The number of hydrogen-bond acceptors (Lipinski definition) is 2. The van der Waals surface area contributed by atoms with Gasteiger partial charge < -0.3 is 4.90 Å². The Hall–Kier alpha value is -0.730. The number of hydrogen-bond donors (Lipinski definition) is 0. The number of halogens is 2. The van der Waals surface area contributed by atoms with Gasteiger partial charge in [-0.05, 0) is 38.3 Å². The SMILES string of the molecule is CC1c2c(Cl)cc(Cl)cc2N=C2C3CCC(C3)N21. The summed E-state index contributed by atoms with van der Waals surface area (Å²) in [5.74, 6) is 1.92. The smallest absolute Gasteiger partial charge is 0.109 e. The summed E-state index contributed by atoms with van der Waals surface area (Å²) in [6.07, 6.45) is 3.85. The van der Waals surface area contributed by atoms with Gasteiger partial charge in [-0.25, -0.2) is 4.99 Å². The molecule has 4 rings (SSSR count). The van der Waals surface area contributed by atoms with E-state index in [2.05, 4.69) is 11.8 Å². The van der Waals surface area contributed by atoms with E-state index in [1.54, 1.807) is 0 Å². The Morgan fingerprint density at radius 2 is 2.11 bits per heavy atom. The third-order valence-electron chi connectivity index (χ3n) is 4.57. The van der Waals surface area contributed by atoms with E-state index in [-0.39, 0.29) is 0 Å². The van der Waals surface area contributed by atoms with Gasteiger partial charge in [0.25, 0.3) is 0 Å². The maximum atomic E-state index is 6.35. The molecular weight excluding hydrogens is 267 g/mol. The van der Waals surface area contributed by atoms with Crippen LogP contribution in [0.2, 0.25) is 10.0 Å². The molecule has 0 N–H and O–H groups in total. The van der Waals surface area contributed by atoms with Gasteiger partial charge in [-0.15, -0.1) is 0 Å². The lowest BCUT2D eigenvalue weighted by Gasteiger charge is -2.39. The van der Waals surface area contributed by atoms with Crippen molar-refractivity contribution in [2.24, 2.45) is 10.9 Å². The summed E-state index contributed by atoms with van der Waals surface area (Å²) in [6, 6.07) is 4.76. The second-order valence-corrected chi connectivity index (χ2v) is 6.38. The Balaban J connectivity index is 1.93. The molecule has 18 heavy (non-hydrogen) atoms. The summed E-state index contributed by atoms with van der Waals surface area (Å²) in [5, 5.41) is 1.42. The molecule has 3 unspecified atom stereocenters. The van der Waals surface area contributed by atoms with E-state index in [4.69, 9.17) is 28.2 Å². The van der Waals surface area contributed by atoms with Crippen molar-refractivity contribution < 1.29 is 0 Å². The van der Waals surface area contributed by atoms with Crippen molar-refractivity contribution >= 4 is 34.7 Å². The summed E-state index contributed by atoms with van der Waals surface area (Å²) in [5.41, 5.74) is 2.11. The van der Waals surface area contributed by atoms with Crippen LogP contribution in [0.25, 0.3) is 0 Å². The van der Waals surface area contributed by atoms with Crippen molar-refractivity contribution in [1.82, 2.24) is 4.90 Å². The van der Waals surface area contributed by atoms with Gasteiger partial charge in [-0.1, -0.05) is 23.2 Å². The lowest BCUT2D eigenvalue weighted by atomic mass is 9.98. The van der Waals surface area contributed by atoms with Gasteiger partial charge in [0.05, 0.1) is 11.7 Å². The second kappa shape index (κ2) is 3.64. The van der Waals surface area contributed by atoms with E-state index >= 15 is 0 Å². The zero-order valence-corrected chi connectivity index (χ0v) is 11.7. The highest BCUT2D eigenvalue weighted by Gasteiger charge is 2.47. The number of benzene rings is 1. The van der Waals surface area contributed by atoms with Gasteiger partial charge in [0.15, 0.2) is 0 Å². The molecule has 2 bridgehead atoms. The first kappa shape index (κ1) is 11.1. The number of fused-ring (bicyclic) bond motifs is 6. The largest absolute Gasteiger partial charge is 0.350 e. The number of aliphatic imine (C=N–C) groups is 1. The van der Waals surface area contributed by atoms with Crippen LogP contribution in [0.5, 0.6) is 0 Å². The molecule has 4 heteroatoms. The zero-order valence-electron chi connectivity index (χ0n) is 10.2. The van der Waals surface area contributed by atoms with Crippen molar-refractivity contribution in [1.29, 1.82) is 0 Å². The number of amidine groups is 1. The molecule has 0 amide bonds. The molecular formula is C14H14Cl2N2. The lowest BCUT2D eigenvalue weighted by Crippen LogP contribution is -2.40. The minimum atomic E-state index is 0.326. The van der Waals surface area contributed by atoms with E-state index in [1.165, 1.54) is 25.1 Å². The molecule has 2 heterocycles. The average molecular weight is 281 g/mol. The Bertz CT molecular complexity index is 567. The highest BCUT2D eigenvalue weighted by atomic mass is 35.5. The van der Waals surface area contributed by atoms with Gasteiger partial charge in [-0.2, -0.15) is 0 Å². The minimum Gasteiger partial charge on any atom is -0.350 e. The molecule has 0 spiro atoms. The van der Waals surface area contributed by atoms with Gasteiger partial charge >= 0.3 is 0 Å². The fourth-order valence-corrected chi connectivity index (χ4v) is 4.49. The topological polar surface area (TPSA) is 15.6 Å². The van der Waals surface area contributed by atoms with Crippen molar-refractivity contribution in [3.05, 3.63) is 27.7 Å². The van der Waals surface area contributed by atoms with Crippen molar-refractivity contribution in [3.63, 3.8) is 0 Å². The van der Waals surface area contributed by atoms with Crippen LogP contribution in [0.1, 0.15) is 37.8 Å². The normalized spacial score (nSPS) is 32.3. The van der Waals surface area contributed by atoms with E-state index < -0.39 is 0 Å². The predicted molar refractivity (Wildman–Crippen MR) is 74.9 cm³/mol. The molecule has 1 saturated heterocycles. The maximum absolute atomic E-state index is 6.35. The average Bonchev–Trinajstić information content (AvgIpc) is 2.88. The summed E-state index contributed by atoms with van der Waals surface area (Å²) in [7, 11) is 0. The van der Waals surface area contributed by atoms with Crippen LogP contribution in [-0.2, 0) is 0 Å². The molecule has 0 radical (unpaired) electrons. The summed E-state index contributed by atoms with van der Waals surface area (Å²) in [4.78, 5) is 7.32. The van der Waals surface area contributed by atoms with Crippen LogP contribution in [-0.4, -0.2) is 16.8 Å². The molecule has 1 saturated carbocycles. The van der Waals surface area contributed by atoms with E-state index in [0.29, 0.717) is 23.0 Å². The van der Waals surface area contributed by atoms with Gasteiger partial charge in [-0.3, -0.25) is 0 Å². The third kappa shape index (κ3) is 1.33. The fraction of sp³-hybridized carbons (Fsp3) is 0.500. The highest BCUT2D eigenvalue weighted by molar-refractivity contribution is 6.35. The van der Waals surface area contributed by atoms with Crippen LogP contribution in [0.3, 0.4) is 0 Å². The van der Waals surface area contributed by atoms with Crippen molar-refractivity contribution in [2.45, 2.75) is 38.3 Å². The molecule has 1 aromatic rings. The quantitative estimate of drug-likeness (QED) is 0.679. The molecule has 1 aliphatic carbocycles. The second-order valence-electron chi connectivity index (χ2n) is 5.54. The molecule has 2 nitrogen and oxygen atoms in total. The molecule has 1 aromatic carbocycles. The first-order valence-electron chi connectivity index (χ1n) is 6.51. The first-order valence-corrected chi connectivity index (χ1v) is 7.26. The Kier molecular flexibility index (Phi) is 2.25. The summed E-state index contributed by atoms with van der Waals surface area (Å²) >= 11 is 12.4. The van der Waals surface area contributed by atoms with E-state index in [9.17, 15) is 0 Å². The standard InChI is InChI=1S/C14H14Cl2N2/c1-7-13-11(16)5-9(15)6-12(13)17-14-8-2-3-10(4-8)18(7)14/h5-8,10H,2-4H2,1H3.